The van der Waals surface area contributed by atoms with E-state index >= 15 is 0 Å². The van der Waals surface area contributed by atoms with Crippen LogP contribution in [0, 0.1) is 0 Å². The van der Waals surface area contributed by atoms with E-state index in [0.29, 0.717) is 41.9 Å². The van der Waals surface area contributed by atoms with E-state index in [0.717, 1.165) is 23.6 Å². The summed E-state index contributed by atoms with van der Waals surface area (Å²) >= 11 is 11.8. The highest BCUT2D eigenvalue weighted by molar-refractivity contribution is 6.40. The van der Waals surface area contributed by atoms with Gasteiger partial charge in [0.25, 0.3) is 0 Å². The molecule has 1 N–H and O–H groups in total. The number of anilines is 1. The smallest absolute Gasteiger partial charge is 0.313 e. The number of halogens is 2. The van der Waals surface area contributed by atoms with E-state index in [1.54, 1.807) is 23.1 Å². The monoisotopic (exact) mass is 435 g/mol. The molecular weight excluding hydrogens is 417 g/mol. The standard InChI is InChI=1S/C20H19Cl2N3O4/c21-14-8-15(22)10-16(9-14)23-19(26)20(27)25-5-3-24(4-6-25)11-13-1-2-17-18(7-13)29-12-28-17/h1-2,7-10H,3-6,11-12H2,(H,23,26). The van der Waals surface area contributed by atoms with E-state index in [1.165, 1.54) is 0 Å². The lowest BCUT2D eigenvalue weighted by Crippen LogP contribution is -2.51. The largest absolute Gasteiger partial charge is 0.454 e. The quantitative estimate of drug-likeness (QED) is 0.750. The SMILES string of the molecule is O=C(Nc1cc(Cl)cc(Cl)c1)C(=O)N1CCN(Cc2ccc3c(c2)OCO3)CC1. The molecule has 0 aromatic heterocycles. The molecule has 7 nitrogen and oxygen atoms in total. The zero-order valence-electron chi connectivity index (χ0n) is 15.5. The molecular formula is C20H19Cl2N3O4. The molecule has 0 bridgehead atoms. The van der Waals surface area contributed by atoms with Crippen molar-refractivity contribution in [2.24, 2.45) is 0 Å². The topological polar surface area (TPSA) is 71.1 Å². The lowest BCUT2D eigenvalue weighted by atomic mass is 10.1. The van der Waals surface area contributed by atoms with Crippen LogP contribution < -0.4 is 14.8 Å². The molecule has 2 heterocycles. The van der Waals surface area contributed by atoms with Crippen molar-refractivity contribution in [1.29, 1.82) is 0 Å². The van der Waals surface area contributed by atoms with Crippen LogP contribution in [0.2, 0.25) is 10.0 Å². The highest BCUT2D eigenvalue weighted by Gasteiger charge is 2.26. The van der Waals surface area contributed by atoms with E-state index in [4.69, 9.17) is 32.7 Å². The molecule has 29 heavy (non-hydrogen) atoms. The third-order valence-electron chi connectivity index (χ3n) is 4.82. The molecule has 0 radical (unpaired) electrons. The Balaban J connectivity index is 1.29. The van der Waals surface area contributed by atoms with Gasteiger partial charge in [0, 0.05) is 48.5 Å². The summed E-state index contributed by atoms with van der Waals surface area (Å²) in [5, 5.41) is 3.33. The van der Waals surface area contributed by atoms with Gasteiger partial charge in [-0.15, -0.1) is 0 Å². The van der Waals surface area contributed by atoms with Crippen molar-refractivity contribution in [3.8, 4) is 11.5 Å². The highest BCUT2D eigenvalue weighted by atomic mass is 35.5. The summed E-state index contributed by atoms with van der Waals surface area (Å²) in [6.45, 7) is 3.31. The third kappa shape index (κ3) is 4.75. The highest BCUT2D eigenvalue weighted by Crippen LogP contribution is 2.32. The summed E-state index contributed by atoms with van der Waals surface area (Å²) in [6, 6.07) is 10.5. The summed E-state index contributed by atoms with van der Waals surface area (Å²) in [6.07, 6.45) is 0. The number of rotatable bonds is 3. The van der Waals surface area contributed by atoms with Gasteiger partial charge in [0.05, 0.1) is 0 Å². The molecule has 0 spiro atoms. The van der Waals surface area contributed by atoms with Gasteiger partial charge in [-0.1, -0.05) is 29.3 Å². The molecule has 9 heteroatoms. The van der Waals surface area contributed by atoms with E-state index in [9.17, 15) is 9.59 Å². The second kappa shape index (κ2) is 8.49. The first kappa shape index (κ1) is 19.8. The van der Waals surface area contributed by atoms with Crippen LogP contribution in [-0.4, -0.2) is 54.6 Å². The van der Waals surface area contributed by atoms with Gasteiger partial charge in [0.15, 0.2) is 11.5 Å². The molecule has 2 aromatic rings. The molecule has 152 valence electrons. The fourth-order valence-corrected chi connectivity index (χ4v) is 3.89. The minimum atomic E-state index is -0.701. The van der Waals surface area contributed by atoms with Crippen LogP contribution in [0.15, 0.2) is 36.4 Å². The normalized spacial score (nSPS) is 16.0. The Labute approximate surface area is 178 Å². The van der Waals surface area contributed by atoms with Crippen LogP contribution in [0.5, 0.6) is 11.5 Å². The van der Waals surface area contributed by atoms with Gasteiger partial charge in [-0.3, -0.25) is 14.5 Å². The minimum Gasteiger partial charge on any atom is -0.454 e. The van der Waals surface area contributed by atoms with Crippen molar-refractivity contribution in [1.82, 2.24) is 9.80 Å². The molecule has 2 aromatic carbocycles. The maximum Gasteiger partial charge on any atom is 0.313 e. The van der Waals surface area contributed by atoms with Crippen LogP contribution in [-0.2, 0) is 16.1 Å². The number of carbonyl (C=O) groups excluding carboxylic acids is 2. The summed E-state index contributed by atoms with van der Waals surface area (Å²) in [5.74, 6) is 0.252. The Morgan fingerprint density at radius 3 is 2.34 bits per heavy atom. The van der Waals surface area contributed by atoms with Crippen LogP contribution in [0.25, 0.3) is 0 Å². The third-order valence-corrected chi connectivity index (χ3v) is 5.25. The van der Waals surface area contributed by atoms with Crippen LogP contribution >= 0.6 is 23.2 Å². The van der Waals surface area contributed by atoms with E-state index < -0.39 is 11.8 Å². The molecule has 0 unspecified atom stereocenters. The molecule has 2 aliphatic heterocycles. The summed E-state index contributed by atoms with van der Waals surface area (Å²) in [4.78, 5) is 28.5. The fourth-order valence-electron chi connectivity index (χ4n) is 3.36. The minimum absolute atomic E-state index is 0.253. The van der Waals surface area contributed by atoms with Crippen molar-refractivity contribution in [2.75, 3.05) is 38.3 Å². The van der Waals surface area contributed by atoms with Gasteiger partial charge in [-0.25, -0.2) is 0 Å². The first-order valence-electron chi connectivity index (χ1n) is 9.15. The Morgan fingerprint density at radius 2 is 1.62 bits per heavy atom. The maximum absolute atomic E-state index is 12.5. The van der Waals surface area contributed by atoms with Gasteiger partial charge >= 0.3 is 11.8 Å². The molecule has 2 amide bonds. The predicted molar refractivity (Wildman–Crippen MR) is 110 cm³/mol. The molecule has 0 atom stereocenters. The number of nitrogens with one attached hydrogen (secondary N) is 1. The number of carbonyl (C=O) groups is 2. The van der Waals surface area contributed by atoms with Crippen LogP contribution in [0.4, 0.5) is 5.69 Å². The van der Waals surface area contributed by atoms with Gasteiger partial charge in [0.1, 0.15) is 0 Å². The Bertz CT molecular complexity index is 925. The number of hydrogen-bond acceptors (Lipinski definition) is 5. The number of amides is 2. The van der Waals surface area contributed by atoms with Crippen molar-refractivity contribution >= 4 is 40.7 Å². The Kier molecular flexibility index (Phi) is 5.80. The number of nitrogens with zero attached hydrogens (tertiary/aromatic N) is 2. The second-order valence-corrected chi connectivity index (χ2v) is 7.74. The average Bonchev–Trinajstić information content (AvgIpc) is 3.15. The van der Waals surface area contributed by atoms with Crippen molar-refractivity contribution in [2.45, 2.75) is 6.54 Å². The summed E-state index contributed by atoms with van der Waals surface area (Å²) in [7, 11) is 0. The summed E-state index contributed by atoms with van der Waals surface area (Å²) < 4.78 is 10.7. The number of ether oxygens (including phenoxy) is 2. The predicted octanol–water partition coefficient (Wildman–Crippen LogP) is 3.01. The van der Waals surface area contributed by atoms with Gasteiger partial charge in [-0.2, -0.15) is 0 Å². The lowest BCUT2D eigenvalue weighted by Gasteiger charge is -2.34. The molecule has 1 fully saturated rings. The lowest BCUT2D eigenvalue weighted by molar-refractivity contribution is -0.144. The number of benzene rings is 2. The number of piperazine rings is 1. The van der Waals surface area contributed by atoms with Crippen molar-refractivity contribution in [3.05, 3.63) is 52.0 Å². The summed E-state index contributed by atoms with van der Waals surface area (Å²) in [5.41, 5.74) is 1.51. The van der Waals surface area contributed by atoms with Crippen molar-refractivity contribution in [3.63, 3.8) is 0 Å². The molecule has 0 aliphatic carbocycles. The van der Waals surface area contributed by atoms with Gasteiger partial charge < -0.3 is 19.7 Å². The zero-order valence-corrected chi connectivity index (χ0v) is 17.0. The van der Waals surface area contributed by atoms with E-state index in [-0.39, 0.29) is 6.79 Å². The average molecular weight is 436 g/mol. The second-order valence-electron chi connectivity index (χ2n) is 6.87. The number of hydrogen-bond donors (Lipinski definition) is 1. The maximum atomic E-state index is 12.5. The van der Waals surface area contributed by atoms with Gasteiger partial charge in [-0.05, 0) is 35.9 Å². The van der Waals surface area contributed by atoms with E-state index in [2.05, 4.69) is 10.2 Å². The Hall–Kier alpha value is -2.48. The molecule has 0 saturated carbocycles. The molecule has 4 rings (SSSR count). The Morgan fingerprint density at radius 1 is 0.931 bits per heavy atom. The number of fused-ring (bicyclic) bond motifs is 1. The van der Waals surface area contributed by atoms with Crippen LogP contribution in [0.3, 0.4) is 0 Å². The first-order valence-corrected chi connectivity index (χ1v) is 9.91. The fraction of sp³-hybridized carbons (Fsp3) is 0.300. The van der Waals surface area contributed by atoms with E-state index in [1.807, 2.05) is 18.2 Å². The van der Waals surface area contributed by atoms with Gasteiger partial charge in [0.2, 0.25) is 6.79 Å². The van der Waals surface area contributed by atoms with Crippen molar-refractivity contribution < 1.29 is 19.1 Å². The zero-order chi connectivity index (χ0) is 20.4. The van der Waals surface area contributed by atoms with Crippen LogP contribution in [0.1, 0.15) is 5.56 Å². The molecule has 2 aliphatic rings. The first-order chi connectivity index (χ1) is 14.0. The molecule has 1 saturated heterocycles.